The fourth-order valence-electron chi connectivity index (χ4n) is 3.69. The number of anilines is 2. The minimum Gasteiger partial charge on any atom is -0.367 e. The van der Waals surface area contributed by atoms with Crippen LogP contribution >= 0.6 is 23.2 Å². The van der Waals surface area contributed by atoms with Crippen LogP contribution in [0.1, 0.15) is 19.2 Å². The molecule has 0 spiro atoms. The number of nitrogens with one attached hydrogen (secondary N) is 1. The van der Waals surface area contributed by atoms with Crippen LogP contribution in [0.15, 0.2) is 47.0 Å². The molecule has 9 heteroatoms. The van der Waals surface area contributed by atoms with E-state index >= 15 is 0 Å². The number of carbonyl (C=O) groups excluding carboxylic acids is 1. The molecule has 3 aromatic rings. The molecule has 7 nitrogen and oxygen atoms in total. The van der Waals surface area contributed by atoms with Crippen LogP contribution in [-0.4, -0.2) is 53.7 Å². The first-order chi connectivity index (χ1) is 15.5. The van der Waals surface area contributed by atoms with E-state index < -0.39 is 0 Å². The molecule has 1 aromatic heterocycles. The van der Waals surface area contributed by atoms with E-state index in [1.54, 1.807) is 18.2 Å². The molecule has 0 saturated carbocycles. The molecule has 1 aliphatic heterocycles. The summed E-state index contributed by atoms with van der Waals surface area (Å²) in [5.41, 5.74) is 2.52. The molecule has 4 rings (SSSR count). The van der Waals surface area contributed by atoms with Crippen molar-refractivity contribution >= 4 is 40.5 Å². The Morgan fingerprint density at radius 2 is 1.78 bits per heavy atom. The minimum atomic E-state index is -0.132. The molecule has 0 atom stereocenters. The standard InChI is InChI=1S/C23H25Cl2N5O2/c1-2-29-11-13-30(14-12-29)20-8-7-18(25)15-19(20)26-21(31)9-10-22-27-23(28-32-22)16-3-5-17(24)6-4-16/h3-8,15H,2,9-14H2,1H3,(H,26,31). The third-order valence-electron chi connectivity index (χ3n) is 5.53. The average molecular weight is 474 g/mol. The van der Waals surface area contributed by atoms with Gasteiger partial charge in [-0.15, -0.1) is 0 Å². The van der Waals surface area contributed by atoms with E-state index in [0.717, 1.165) is 49.7 Å². The summed E-state index contributed by atoms with van der Waals surface area (Å²) in [5, 5.41) is 8.22. The SMILES string of the molecule is CCN1CCN(c2ccc(Cl)cc2NC(=O)CCc2nc(-c3ccc(Cl)cc3)no2)CC1. The van der Waals surface area contributed by atoms with Gasteiger partial charge in [0.1, 0.15) is 0 Å². The Bertz CT molecular complexity index is 1060. The number of halogens is 2. The number of likely N-dealkylation sites (N-methyl/N-ethyl adjacent to an activating group) is 1. The van der Waals surface area contributed by atoms with Gasteiger partial charge in [-0.05, 0) is 49.0 Å². The molecule has 32 heavy (non-hydrogen) atoms. The lowest BCUT2D eigenvalue weighted by Gasteiger charge is -2.36. The lowest BCUT2D eigenvalue weighted by atomic mass is 10.2. The van der Waals surface area contributed by atoms with Crippen LogP contribution in [-0.2, 0) is 11.2 Å². The smallest absolute Gasteiger partial charge is 0.227 e. The second-order valence-electron chi connectivity index (χ2n) is 7.65. The van der Waals surface area contributed by atoms with Gasteiger partial charge in [-0.2, -0.15) is 4.98 Å². The lowest BCUT2D eigenvalue weighted by Crippen LogP contribution is -2.46. The first-order valence-electron chi connectivity index (χ1n) is 10.7. The Kier molecular flexibility index (Phi) is 7.29. The van der Waals surface area contributed by atoms with E-state index in [1.807, 2.05) is 24.3 Å². The Balaban J connectivity index is 1.37. The van der Waals surface area contributed by atoms with Crippen molar-refractivity contribution in [2.45, 2.75) is 19.8 Å². The molecule has 1 fully saturated rings. The third kappa shape index (κ3) is 5.59. The van der Waals surface area contributed by atoms with Crippen molar-refractivity contribution in [3.8, 4) is 11.4 Å². The fourth-order valence-corrected chi connectivity index (χ4v) is 3.99. The second kappa shape index (κ2) is 10.3. The van der Waals surface area contributed by atoms with Crippen LogP contribution in [0.2, 0.25) is 10.0 Å². The van der Waals surface area contributed by atoms with Gasteiger partial charge in [0.25, 0.3) is 0 Å². The van der Waals surface area contributed by atoms with Crippen molar-refractivity contribution in [3.05, 3.63) is 58.4 Å². The quantitative estimate of drug-likeness (QED) is 0.533. The number of aryl methyl sites for hydroxylation is 1. The molecule has 2 heterocycles. The second-order valence-corrected chi connectivity index (χ2v) is 8.52. The minimum absolute atomic E-state index is 0.132. The van der Waals surface area contributed by atoms with E-state index in [1.165, 1.54) is 0 Å². The number of piperazine rings is 1. The molecule has 1 N–H and O–H groups in total. The summed E-state index contributed by atoms with van der Waals surface area (Å²) in [4.78, 5) is 21.7. The Labute approximate surface area is 197 Å². The molecule has 168 valence electrons. The molecule has 0 unspecified atom stereocenters. The lowest BCUT2D eigenvalue weighted by molar-refractivity contribution is -0.116. The Hall–Kier alpha value is -2.61. The van der Waals surface area contributed by atoms with Gasteiger partial charge >= 0.3 is 0 Å². The highest BCUT2D eigenvalue weighted by molar-refractivity contribution is 6.31. The predicted octanol–water partition coefficient (Wildman–Crippen LogP) is 4.76. The van der Waals surface area contributed by atoms with E-state index in [4.69, 9.17) is 27.7 Å². The summed E-state index contributed by atoms with van der Waals surface area (Å²) < 4.78 is 5.30. The van der Waals surface area contributed by atoms with Crippen LogP contribution in [0.5, 0.6) is 0 Å². The average Bonchev–Trinajstić information content (AvgIpc) is 3.28. The predicted molar refractivity (Wildman–Crippen MR) is 127 cm³/mol. The molecular formula is C23H25Cl2N5O2. The summed E-state index contributed by atoms with van der Waals surface area (Å²) in [7, 11) is 0. The van der Waals surface area contributed by atoms with Crippen molar-refractivity contribution in [2.24, 2.45) is 0 Å². The molecule has 1 amide bonds. The molecule has 1 saturated heterocycles. The summed E-state index contributed by atoms with van der Waals surface area (Å²) >= 11 is 12.1. The maximum Gasteiger partial charge on any atom is 0.227 e. The van der Waals surface area contributed by atoms with Gasteiger partial charge in [-0.1, -0.05) is 35.3 Å². The summed E-state index contributed by atoms with van der Waals surface area (Å²) in [6.07, 6.45) is 0.565. The van der Waals surface area contributed by atoms with E-state index in [2.05, 4.69) is 32.2 Å². The van der Waals surface area contributed by atoms with Gasteiger partial charge in [0.15, 0.2) is 0 Å². The first-order valence-corrected chi connectivity index (χ1v) is 11.4. The number of aromatic nitrogens is 2. The Morgan fingerprint density at radius 1 is 1.06 bits per heavy atom. The number of benzene rings is 2. The zero-order valence-electron chi connectivity index (χ0n) is 17.9. The number of rotatable bonds is 7. The van der Waals surface area contributed by atoms with Gasteiger partial charge in [0.2, 0.25) is 17.6 Å². The van der Waals surface area contributed by atoms with Gasteiger partial charge in [0.05, 0.1) is 11.4 Å². The number of carbonyl (C=O) groups is 1. The highest BCUT2D eigenvalue weighted by atomic mass is 35.5. The van der Waals surface area contributed by atoms with Gasteiger partial charge in [0, 0.05) is 54.6 Å². The van der Waals surface area contributed by atoms with E-state index in [9.17, 15) is 4.79 Å². The number of hydrogen-bond donors (Lipinski definition) is 1. The van der Waals surface area contributed by atoms with Crippen LogP contribution in [0.4, 0.5) is 11.4 Å². The Morgan fingerprint density at radius 3 is 2.50 bits per heavy atom. The summed E-state index contributed by atoms with van der Waals surface area (Å²) in [6.45, 7) is 7.04. The van der Waals surface area contributed by atoms with Gasteiger partial charge in [-0.25, -0.2) is 0 Å². The van der Waals surface area contributed by atoms with Crippen LogP contribution < -0.4 is 10.2 Å². The highest BCUT2D eigenvalue weighted by Crippen LogP contribution is 2.30. The molecule has 1 aliphatic rings. The van der Waals surface area contributed by atoms with Crippen molar-refractivity contribution in [3.63, 3.8) is 0 Å². The highest BCUT2D eigenvalue weighted by Gasteiger charge is 2.20. The molecule has 0 aliphatic carbocycles. The van der Waals surface area contributed by atoms with E-state index in [0.29, 0.717) is 28.2 Å². The topological polar surface area (TPSA) is 74.5 Å². The fraction of sp³-hybridized carbons (Fsp3) is 0.348. The summed E-state index contributed by atoms with van der Waals surface area (Å²) in [6, 6.07) is 12.8. The van der Waals surface area contributed by atoms with E-state index in [-0.39, 0.29) is 12.3 Å². The molecule has 0 bridgehead atoms. The van der Waals surface area contributed by atoms with Gasteiger partial charge in [-0.3, -0.25) is 4.79 Å². The first kappa shape index (κ1) is 22.6. The zero-order valence-corrected chi connectivity index (χ0v) is 19.4. The molecule has 2 aromatic carbocycles. The molecule has 0 radical (unpaired) electrons. The number of hydrogen-bond acceptors (Lipinski definition) is 6. The van der Waals surface area contributed by atoms with Crippen LogP contribution in [0.25, 0.3) is 11.4 Å². The van der Waals surface area contributed by atoms with Crippen molar-refractivity contribution in [1.82, 2.24) is 15.0 Å². The summed E-state index contributed by atoms with van der Waals surface area (Å²) in [5.74, 6) is 0.750. The van der Waals surface area contributed by atoms with Crippen molar-refractivity contribution in [1.29, 1.82) is 0 Å². The van der Waals surface area contributed by atoms with Gasteiger partial charge < -0.3 is 19.6 Å². The largest absolute Gasteiger partial charge is 0.367 e. The maximum absolute atomic E-state index is 12.7. The third-order valence-corrected chi connectivity index (χ3v) is 6.02. The maximum atomic E-state index is 12.7. The van der Waals surface area contributed by atoms with Crippen molar-refractivity contribution in [2.75, 3.05) is 42.9 Å². The monoisotopic (exact) mass is 473 g/mol. The van der Waals surface area contributed by atoms with Crippen LogP contribution in [0.3, 0.4) is 0 Å². The number of amides is 1. The van der Waals surface area contributed by atoms with Crippen molar-refractivity contribution < 1.29 is 9.32 Å². The zero-order chi connectivity index (χ0) is 22.5. The normalized spacial score (nSPS) is 14.5. The number of nitrogens with zero attached hydrogens (tertiary/aromatic N) is 4. The molecular weight excluding hydrogens is 449 g/mol. The van der Waals surface area contributed by atoms with Crippen LogP contribution in [0, 0.1) is 0 Å².